The number of urea groups is 1. The fourth-order valence-corrected chi connectivity index (χ4v) is 3.26. The fourth-order valence-electron chi connectivity index (χ4n) is 2.65. The maximum atomic E-state index is 12.2. The number of aromatic nitrogens is 1. The molecule has 0 bridgehead atoms. The maximum Gasteiger partial charge on any atom is 0.317 e. The van der Waals surface area contributed by atoms with Crippen LogP contribution in [-0.2, 0) is 6.54 Å². The van der Waals surface area contributed by atoms with Crippen molar-refractivity contribution >= 4 is 23.1 Å². The van der Waals surface area contributed by atoms with Gasteiger partial charge in [-0.05, 0) is 19.1 Å². The molecule has 1 fully saturated rings. The minimum Gasteiger partial charge on any atom is -0.506 e. The maximum absolute atomic E-state index is 12.2. The molecule has 122 valence electrons. The van der Waals surface area contributed by atoms with Crippen molar-refractivity contribution < 1.29 is 9.90 Å². The molecule has 6 nitrogen and oxygen atoms in total. The number of carbonyl (C=O) groups excluding carboxylic acids is 1. The summed E-state index contributed by atoms with van der Waals surface area (Å²) in [4.78, 5) is 20.5. The summed E-state index contributed by atoms with van der Waals surface area (Å²) < 4.78 is 0. The zero-order chi connectivity index (χ0) is 16.2. The summed E-state index contributed by atoms with van der Waals surface area (Å²) >= 11 is 1.58. The molecule has 7 heteroatoms. The summed E-state index contributed by atoms with van der Waals surface area (Å²) in [6, 6.07) is 7.24. The van der Waals surface area contributed by atoms with E-state index in [9.17, 15) is 9.90 Å². The number of phenolic OH excluding ortho intramolecular Hbond substituents is 1. The Kier molecular flexibility index (Phi) is 4.66. The number of nitrogens with one attached hydrogen (secondary N) is 1. The van der Waals surface area contributed by atoms with Crippen molar-refractivity contribution in [3.8, 4) is 5.75 Å². The summed E-state index contributed by atoms with van der Waals surface area (Å²) in [7, 11) is 0. The quantitative estimate of drug-likeness (QED) is 0.904. The minimum atomic E-state index is -0.0624. The predicted octanol–water partition coefficient (Wildman–Crippen LogP) is 2.19. The molecule has 2 amide bonds. The van der Waals surface area contributed by atoms with Gasteiger partial charge in [-0.15, -0.1) is 11.3 Å². The van der Waals surface area contributed by atoms with Crippen LogP contribution < -0.4 is 10.2 Å². The first kappa shape index (κ1) is 15.6. The number of hydrogen-bond acceptors (Lipinski definition) is 5. The molecule has 2 heterocycles. The van der Waals surface area contributed by atoms with E-state index in [-0.39, 0.29) is 11.8 Å². The molecular formula is C16H20N4O2S. The Morgan fingerprint density at radius 3 is 2.70 bits per heavy atom. The van der Waals surface area contributed by atoms with E-state index >= 15 is 0 Å². The Morgan fingerprint density at radius 1 is 1.30 bits per heavy atom. The molecule has 1 aromatic heterocycles. The molecule has 0 spiro atoms. The van der Waals surface area contributed by atoms with Gasteiger partial charge < -0.3 is 20.2 Å². The van der Waals surface area contributed by atoms with Crippen LogP contribution in [0, 0.1) is 6.92 Å². The van der Waals surface area contributed by atoms with Crippen LogP contribution in [0.4, 0.5) is 10.5 Å². The molecule has 1 aliphatic rings. The molecule has 0 radical (unpaired) electrons. The molecule has 1 aromatic carbocycles. The number of benzene rings is 1. The van der Waals surface area contributed by atoms with E-state index < -0.39 is 0 Å². The highest BCUT2D eigenvalue weighted by Crippen LogP contribution is 2.27. The third-order valence-corrected chi connectivity index (χ3v) is 4.70. The van der Waals surface area contributed by atoms with Gasteiger partial charge in [0.1, 0.15) is 5.75 Å². The smallest absolute Gasteiger partial charge is 0.317 e. The first-order valence-corrected chi connectivity index (χ1v) is 8.48. The molecular weight excluding hydrogens is 312 g/mol. The number of hydrogen-bond donors (Lipinski definition) is 2. The Hall–Kier alpha value is -2.28. The summed E-state index contributed by atoms with van der Waals surface area (Å²) in [5.41, 5.74) is 1.72. The number of anilines is 1. The van der Waals surface area contributed by atoms with Gasteiger partial charge >= 0.3 is 6.03 Å². The number of thiazole rings is 1. The number of rotatable bonds is 3. The number of aromatic hydroxyl groups is 1. The largest absolute Gasteiger partial charge is 0.506 e. The zero-order valence-corrected chi connectivity index (χ0v) is 13.8. The molecule has 1 aliphatic heterocycles. The van der Waals surface area contributed by atoms with E-state index in [2.05, 4.69) is 15.2 Å². The van der Waals surface area contributed by atoms with Crippen molar-refractivity contribution in [1.82, 2.24) is 15.2 Å². The Bertz CT molecular complexity index is 680. The molecule has 0 aliphatic carbocycles. The van der Waals surface area contributed by atoms with Gasteiger partial charge in [-0.25, -0.2) is 9.78 Å². The van der Waals surface area contributed by atoms with Crippen LogP contribution in [0.1, 0.15) is 10.7 Å². The number of aryl methyl sites for hydroxylation is 1. The number of carbonyl (C=O) groups is 1. The Morgan fingerprint density at radius 2 is 2.04 bits per heavy atom. The average molecular weight is 332 g/mol. The van der Waals surface area contributed by atoms with E-state index in [4.69, 9.17) is 0 Å². The van der Waals surface area contributed by atoms with Crippen LogP contribution in [0.2, 0.25) is 0 Å². The molecule has 0 unspecified atom stereocenters. The van der Waals surface area contributed by atoms with Crippen molar-refractivity contribution in [2.75, 3.05) is 31.1 Å². The van der Waals surface area contributed by atoms with Crippen molar-refractivity contribution in [3.63, 3.8) is 0 Å². The topological polar surface area (TPSA) is 68.7 Å². The van der Waals surface area contributed by atoms with E-state index in [1.807, 2.05) is 30.5 Å². The van der Waals surface area contributed by atoms with Gasteiger partial charge in [-0.1, -0.05) is 12.1 Å². The van der Waals surface area contributed by atoms with Crippen LogP contribution in [-0.4, -0.2) is 47.2 Å². The number of amides is 2. The van der Waals surface area contributed by atoms with Gasteiger partial charge in [0.15, 0.2) is 0 Å². The molecule has 1 saturated heterocycles. The third kappa shape index (κ3) is 3.73. The number of nitrogens with zero attached hydrogens (tertiary/aromatic N) is 3. The normalized spacial score (nSPS) is 14.8. The number of piperazine rings is 1. The first-order chi connectivity index (χ1) is 11.1. The molecule has 23 heavy (non-hydrogen) atoms. The SMILES string of the molecule is Cc1nc(CNC(=O)N2CCN(c3ccccc3O)CC2)cs1. The second-order valence-corrected chi connectivity index (χ2v) is 6.54. The van der Waals surface area contributed by atoms with Crippen molar-refractivity contribution in [2.24, 2.45) is 0 Å². The van der Waals surface area contributed by atoms with Gasteiger partial charge in [-0.3, -0.25) is 0 Å². The van der Waals surface area contributed by atoms with Crippen LogP contribution in [0.15, 0.2) is 29.6 Å². The molecule has 3 rings (SSSR count). The number of para-hydroxylation sites is 2. The second kappa shape index (κ2) is 6.87. The lowest BCUT2D eigenvalue weighted by Crippen LogP contribution is -2.51. The second-order valence-electron chi connectivity index (χ2n) is 5.48. The lowest BCUT2D eigenvalue weighted by molar-refractivity contribution is 0.193. The van der Waals surface area contributed by atoms with Crippen LogP contribution in [0.5, 0.6) is 5.75 Å². The summed E-state index contributed by atoms with van der Waals surface area (Å²) in [6.07, 6.45) is 0. The number of phenols is 1. The van der Waals surface area contributed by atoms with Gasteiger partial charge in [0.25, 0.3) is 0 Å². The summed E-state index contributed by atoms with van der Waals surface area (Å²) in [5.74, 6) is 0.282. The van der Waals surface area contributed by atoms with Gasteiger partial charge in [0.2, 0.25) is 0 Å². The van der Waals surface area contributed by atoms with Gasteiger partial charge in [0, 0.05) is 31.6 Å². The molecule has 2 aromatic rings. The first-order valence-electron chi connectivity index (χ1n) is 7.60. The summed E-state index contributed by atoms with van der Waals surface area (Å²) in [5, 5.41) is 15.8. The molecule has 2 N–H and O–H groups in total. The van der Waals surface area contributed by atoms with Crippen LogP contribution in [0.3, 0.4) is 0 Å². The van der Waals surface area contributed by atoms with Gasteiger partial charge in [0.05, 0.1) is 22.9 Å². The van der Waals surface area contributed by atoms with Crippen LogP contribution in [0.25, 0.3) is 0 Å². The Labute approximate surface area is 139 Å². The van der Waals surface area contributed by atoms with E-state index in [0.717, 1.165) is 16.4 Å². The third-order valence-electron chi connectivity index (χ3n) is 3.88. The predicted molar refractivity (Wildman–Crippen MR) is 91.0 cm³/mol. The monoisotopic (exact) mass is 332 g/mol. The standard InChI is InChI=1S/C16H20N4O2S/c1-12-18-13(11-23-12)10-17-16(22)20-8-6-19(7-9-20)14-4-2-3-5-15(14)21/h2-5,11,21H,6-10H2,1H3,(H,17,22). The minimum absolute atomic E-state index is 0.0624. The van der Waals surface area contributed by atoms with E-state index in [0.29, 0.717) is 32.7 Å². The highest BCUT2D eigenvalue weighted by Gasteiger charge is 2.22. The lowest BCUT2D eigenvalue weighted by Gasteiger charge is -2.36. The Balaban J connectivity index is 1.50. The summed E-state index contributed by atoms with van der Waals surface area (Å²) in [6.45, 7) is 5.10. The van der Waals surface area contributed by atoms with Crippen molar-refractivity contribution in [1.29, 1.82) is 0 Å². The van der Waals surface area contributed by atoms with E-state index in [1.54, 1.807) is 22.3 Å². The zero-order valence-electron chi connectivity index (χ0n) is 13.0. The highest BCUT2D eigenvalue weighted by molar-refractivity contribution is 7.09. The van der Waals surface area contributed by atoms with Crippen molar-refractivity contribution in [3.05, 3.63) is 40.3 Å². The average Bonchev–Trinajstić information content (AvgIpc) is 2.99. The van der Waals surface area contributed by atoms with E-state index in [1.165, 1.54) is 0 Å². The molecule has 0 saturated carbocycles. The highest BCUT2D eigenvalue weighted by atomic mass is 32.1. The van der Waals surface area contributed by atoms with Crippen molar-refractivity contribution in [2.45, 2.75) is 13.5 Å². The van der Waals surface area contributed by atoms with Gasteiger partial charge in [-0.2, -0.15) is 0 Å². The molecule has 0 atom stereocenters. The fraction of sp³-hybridized carbons (Fsp3) is 0.375. The van der Waals surface area contributed by atoms with Crippen LogP contribution >= 0.6 is 11.3 Å². The lowest BCUT2D eigenvalue weighted by atomic mass is 10.2.